The fraction of sp³-hybridized carbons (Fsp3) is 0.154. The van der Waals surface area contributed by atoms with Crippen LogP contribution in [0.15, 0.2) is 24.3 Å². The summed E-state index contributed by atoms with van der Waals surface area (Å²) in [5, 5.41) is 12.5. The first-order valence-electron chi connectivity index (χ1n) is 5.59. The quantitative estimate of drug-likeness (QED) is 0.754. The Morgan fingerprint density at radius 1 is 1.47 bits per heavy atom. The lowest BCUT2D eigenvalue weighted by molar-refractivity contribution is 0.0698. The first-order valence-corrected chi connectivity index (χ1v) is 6.78. The van der Waals surface area contributed by atoms with Crippen molar-refractivity contribution in [2.24, 2.45) is 0 Å². The predicted molar refractivity (Wildman–Crippen MR) is 79.2 cm³/mol. The third-order valence-corrected chi connectivity index (χ3v) is 3.88. The van der Waals surface area contributed by atoms with Gasteiger partial charge in [-0.3, -0.25) is 0 Å². The molecule has 4 N–H and O–H groups in total. The topological polar surface area (TPSA) is 75.3 Å². The minimum Gasteiger partial charge on any atom is -0.478 e. The van der Waals surface area contributed by atoms with Gasteiger partial charge >= 0.3 is 5.97 Å². The molecule has 0 aliphatic rings. The first kappa shape index (κ1) is 13.7. The van der Waals surface area contributed by atoms with Crippen LogP contribution >= 0.6 is 22.9 Å². The largest absolute Gasteiger partial charge is 0.478 e. The number of halogens is 1. The second-order valence-corrected chi connectivity index (χ2v) is 5.88. The van der Waals surface area contributed by atoms with Crippen molar-refractivity contribution in [2.45, 2.75) is 13.5 Å². The number of anilines is 2. The van der Waals surface area contributed by atoms with Crippen LogP contribution in [0.4, 0.5) is 11.4 Å². The summed E-state index contributed by atoms with van der Waals surface area (Å²) in [6.45, 7) is 2.55. The fourth-order valence-corrected chi connectivity index (χ4v) is 2.86. The highest BCUT2D eigenvalue weighted by molar-refractivity contribution is 7.11. The van der Waals surface area contributed by atoms with Crippen LogP contribution in [0.1, 0.15) is 20.1 Å². The van der Waals surface area contributed by atoms with E-state index < -0.39 is 5.97 Å². The molecule has 0 amide bonds. The molecule has 0 saturated heterocycles. The van der Waals surface area contributed by atoms with Gasteiger partial charge < -0.3 is 16.2 Å². The van der Waals surface area contributed by atoms with E-state index in [2.05, 4.69) is 5.32 Å². The van der Waals surface area contributed by atoms with E-state index in [-0.39, 0.29) is 5.56 Å². The Labute approximate surface area is 119 Å². The number of nitrogens with one attached hydrogen (secondary N) is 1. The van der Waals surface area contributed by atoms with Crippen molar-refractivity contribution < 1.29 is 9.90 Å². The Bertz CT molecular complexity index is 625. The van der Waals surface area contributed by atoms with E-state index in [0.717, 1.165) is 4.88 Å². The van der Waals surface area contributed by atoms with Gasteiger partial charge in [0.05, 0.1) is 16.3 Å². The molecular weight excluding hydrogens is 284 g/mol. The normalized spacial score (nSPS) is 10.4. The van der Waals surface area contributed by atoms with E-state index in [9.17, 15) is 4.79 Å². The number of rotatable bonds is 4. The Balaban J connectivity index is 2.26. The van der Waals surface area contributed by atoms with Gasteiger partial charge in [0.25, 0.3) is 0 Å². The number of carboxylic acids is 1. The number of nitrogen functional groups attached to an aromatic ring is 1. The van der Waals surface area contributed by atoms with Gasteiger partial charge in [0.15, 0.2) is 0 Å². The zero-order valence-electron chi connectivity index (χ0n) is 10.2. The summed E-state index contributed by atoms with van der Waals surface area (Å²) in [4.78, 5) is 13.5. The van der Waals surface area contributed by atoms with Crippen molar-refractivity contribution in [1.82, 2.24) is 0 Å². The predicted octanol–water partition coefficient (Wildman–Crippen LogP) is 3.60. The molecule has 0 aliphatic heterocycles. The molecule has 0 aliphatic carbocycles. The molecule has 0 radical (unpaired) electrons. The summed E-state index contributed by atoms with van der Waals surface area (Å²) in [6.07, 6.45) is 0. The van der Waals surface area contributed by atoms with Gasteiger partial charge in [-0.1, -0.05) is 11.6 Å². The molecule has 0 unspecified atom stereocenters. The van der Waals surface area contributed by atoms with E-state index >= 15 is 0 Å². The maximum Gasteiger partial charge on any atom is 0.337 e. The van der Waals surface area contributed by atoms with Crippen LogP contribution in [0.25, 0.3) is 0 Å². The summed E-state index contributed by atoms with van der Waals surface area (Å²) in [7, 11) is 0. The van der Waals surface area contributed by atoms with Gasteiger partial charge in [0.1, 0.15) is 0 Å². The molecular formula is C13H13ClN2O2S. The van der Waals surface area contributed by atoms with Crippen molar-refractivity contribution in [1.29, 1.82) is 0 Å². The van der Waals surface area contributed by atoms with E-state index in [1.807, 2.05) is 19.1 Å². The molecule has 0 bridgehead atoms. The highest BCUT2D eigenvalue weighted by Crippen LogP contribution is 2.30. The summed E-state index contributed by atoms with van der Waals surface area (Å²) >= 11 is 7.70. The van der Waals surface area contributed by atoms with Crippen molar-refractivity contribution in [3.63, 3.8) is 0 Å². The number of carboxylic acid groups (broad SMARTS) is 1. The molecule has 0 fully saturated rings. The Morgan fingerprint density at radius 2 is 2.21 bits per heavy atom. The van der Waals surface area contributed by atoms with Crippen molar-refractivity contribution in [2.75, 3.05) is 11.1 Å². The molecule has 1 aromatic carbocycles. The molecule has 2 rings (SSSR count). The van der Waals surface area contributed by atoms with Crippen LogP contribution in [-0.4, -0.2) is 11.1 Å². The molecule has 6 heteroatoms. The molecule has 100 valence electrons. The summed E-state index contributed by atoms with van der Waals surface area (Å²) < 4.78 is 0. The maximum atomic E-state index is 11.2. The van der Waals surface area contributed by atoms with E-state index in [0.29, 0.717) is 22.9 Å². The van der Waals surface area contributed by atoms with Crippen molar-refractivity contribution in [3.8, 4) is 0 Å². The van der Waals surface area contributed by atoms with Crippen molar-refractivity contribution in [3.05, 3.63) is 44.6 Å². The average Bonchev–Trinajstić information content (AvgIpc) is 2.73. The number of hydrogen-bond acceptors (Lipinski definition) is 4. The minimum atomic E-state index is -1.06. The lowest BCUT2D eigenvalue weighted by atomic mass is 10.1. The standard InChI is InChI=1S/C13H13ClN2O2S/c1-7-2-3-9(19-7)6-16-12-10(13(17)18)4-8(15)5-11(12)14/h2-5,16H,6,15H2,1H3,(H,17,18). The van der Waals surface area contributed by atoms with Gasteiger partial charge in [-0.15, -0.1) is 11.3 Å². The number of hydrogen-bond donors (Lipinski definition) is 3. The number of carbonyl (C=O) groups is 1. The molecule has 0 spiro atoms. The van der Waals surface area contributed by atoms with Crippen LogP contribution in [0, 0.1) is 6.92 Å². The number of aromatic carboxylic acids is 1. The summed E-state index contributed by atoms with van der Waals surface area (Å²) in [6, 6.07) is 6.95. The highest BCUT2D eigenvalue weighted by atomic mass is 35.5. The third kappa shape index (κ3) is 3.19. The maximum absolute atomic E-state index is 11.2. The van der Waals surface area contributed by atoms with E-state index in [1.54, 1.807) is 11.3 Å². The van der Waals surface area contributed by atoms with Gasteiger partial charge in [-0.2, -0.15) is 0 Å². The van der Waals surface area contributed by atoms with E-state index in [1.165, 1.54) is 17.0 Å². The monoisotopic (exact) mass is 296 g/mol. The van der Waals surface area contributed by atoms with E-state index in [4.69, 9.17) is 22.4 Å². The molecule has 0 saturated carbocycles. The number of benzene rings is 1. The Hall–Kier alpha value is -1.72. The van der Waals surface area contributed by atoms with Crippen LogP contribution < -0.4 is 11.1 Å². The lowest BCUT2D eigenvalue weighted by Gasteiger charge is -2.11. The second-order valence-electron chi connectivity index (χ2n) is 4.10. The highest BCUT2D eigenvalue weighted by Gasteiger charge is 2.14. The van der Waals surface area contributed by atoms with Gasteiger partial charge in [0.2, 0.25) is 0 Å². The zero-order valence-corrected chi connectivity index (χ0v) is 11.8. The number of nitrogens with two attached hydrogens (primary N) is 1. The fourth-order valence-electron chi connectivity index (χ4n) is 1.73. The minimum absolute atomic E-state index is 0.0817. The van der Waals surface area contributed by atoms with Crippen LogP contribution in [0.3, 0.4) is 0 Å². The second kappa shape index (κ2) is 5.50. The molecule has 2 aromatic rings. The molecule has 1 heterocycles. The smallest absolute Gasteiger partial charge is 0.337 e. The molecule has 0 atom stereocenters. The Kier molecular flexibility index (Phi) is 3.97. The van der Waals surface area contributed by atoms with Gasteiger partial charge in [0, 0.05) is 22.0 Å². The molecule has 19 heavy (non-hydrogen) atoms. The summed E-state index contributed by atoms with van der Waals surface area (Å²) in [5.74, 6) is -1.06. The first-order chi connectivity index (χ1) is 8.97. The number of thiophene rings is 1. The third-order valence-electron chi connectivity index (χ3n) is 2.58. The zero-order chi connectivity index (χ0) is 14.0. The number of aryl methyl sites for hydroxylation is 1. The molecule has 4 nitrogen and oxygen atoms in total. The summed E-state index contributed by atoms with van der Waals surface area (Å²) in [5.41, 5.74) is 6.42. The lowest BCUT2D eigenvalue weighted by Crippen LogP contribution is -2.07. The van der Waals surface area contributed by atoms with Crippen molar-refractivity contribution >= 4 is 40.3 Å². The van der Waals surface area contributed by atoms with Gasteiger partial charge in [-0.25, -0.2) is 4.79 Å². The average molecular weight is 297 g/mol. The Morgan fingerprint density at radius 3 is 2.79 bits per heavy atom. The van der Waals surface area contributed by atoms with Crippen LogP contribution in [0.5, 0.6) is 0 Å². The van der Waals surface area contributed by atoms with Crippen LogP contribution in [0.2, 0.25) is 5.02 Å². The SMILES string of the molecule is Cc1ccc(CNc2c(Cl)cc(N)cc2C(=O)O)s1. The van der Waals surface area contributed by atoms with Gasteiger partial charge in [-0.05, 0) is 31.2 Å². The molecule has 1 aromatic heterocycles. The van der Waals surface area contributed by atoms with Crippen LogP contribution in [-0.2, 0) is 6.54 Å².